The Hall–Kier alpha value is -3.37. The van der Waals surface area contributed by atoms with Crippen LogP contribution in [0.3, 0.4) is 0 Å². The molecule has 0 unspecified atom stereocenters. The molecule has 0 bridgehead atoms. The highest BCUT2D eigenvalue weighted by Gasteiger charge is 2.27. The predicted octanol–water partition coefficient (Wildman–Crippen LogP) is 3.83. The van der Waals surface area contributed by atoms with Crippen LogP contribution < -0.4 is 19.2 Å². The standard InChI is InChI=1S/C23H20BrN3O5S/c1-16-7-9-19(10-8-16)33(29,30)27(18-5-3-2-4-6-18)14-23(28)26-25-13-17-11-21-22(12-20(17)24)32-15-31-21/h2-13H,14-15H2,1H3,(H,26,28)/b25-13-. The smallest absolute Gasteiger partial charge is 0.264 e. The molecule has 170 valence electrons. The van der Waals surface area contributed by atoms with Crippen molar-refractivity contribution in [2.24, 2.45) is 5.10 Å². The van der Waals surface area contributed by atoms with Gasteiger partial charge in [-0.25, -0.2) is 13.8 Å². The van der Waals surface area contributed by atoms with E-state index in [0.717, 1.165) is 9.87 Å². The number of carbonyl (C=O) groups is 1. The predicted molar refractivity (Wildman–Crippen MR) is 128 cm³/mol. The number of sulfonamides is 1. The number of para-hydroxylation sites is 1. The molecule has 1 N–H and O–H groups in total. The zero-order valence-electron chi connectivity index (χ0n) is 17.6. The molecule has 0 atom stereocenters. The lowest BCUT2D eigenvalue weighted by Gasteiger charge is -2.23. The molecule has 4 rings (SSSR count). The first-order valence-corrected chi connectivity index (χ1v) is 12.1. The molecule has 8 nitrogen and oxygen atoms in total. The molecule has 0 aliphatic carbocycles. The van der Waals surface area contributed by atoms with E-state index in [4.69, 9.17) is 9.47 Å². The van der Waals surface area contributed by atoms with Crippen molar-refractivity contribution in [3.63, 3.8) is 0 Å². The summed E-state index contributed by atoms with van der Waals surface area (Å²) in [6, 6.07) is 18.4. The van der Waals surface area contributed by atoms with E-state index in [1.54, 1.807) is 54.6 Å². The van der Waals surface area contributed by atoms with Crippen molar-refractivity contribution in [3.05, 3.63) is 82.3 Å². The molecule has 0 radical (unpaired) electrons. The first-order valence-electron chi connectivity index (χ1n) is 9.90. The van der Waals surface area contributed by atoms with Crippen molar-refractivity contribution >= 4 is 43.8 Å². The van der Waals surface area contributed by atoms with Gasteiger partial charge in [0.15, 0.2) is 11.5 Å². The number of ether oxygens (including phenoxy) is 2. The van der Waals surface area contributed by atoms with E-state index in [2.05, 4.69) is 26.5 Å². The van der Waals surface area contributed by atoms with Gasteiger partial charge in [0.1, 0.15) is 6.54 Å². The number of nitrogens with zero attached hydrogens (tertiary/aromatic N) is 2. The van der Waals surface area contributed by atoms with Gasteiger partial charge in [-0.2, -0.15) is 5.10 Å². The van der Waals surface area contributed by atoms with Crippen LogP contribution in [0.1, 0.15) is 11.1 Å². The summed E-state index contributed by atoms with van der Waals surface area (Å²) >= 11 is 3.42. The fraction of sp³-hybridized carbons (Fsp3) is 0.130. The van der Waals surface area contributed by atoms with Gasteiger partial charge in [0.05, 0.1) is 16.8 Å². The van der Waals surface area contributed by atoms with Crippen LogP contribution in [0, 0.1) is 6.92 Å². The van der Waals surface area contributed by atoms with E-state index in [0.29, 0.717) is 27.2 Å². The Balaban J connectivity index is 1.53. The topological polar surface area (TPSA) is 97.3 Å². The number of halogens is 1. The van der Waals surface area contributed by atoms with E-state index in [-0.39, 0.29) is 11.7 Å². The van der Waals surface area contributed by atoms with Crippen molar-refractivity contribution < 1.29 is 22.7 Å². The highest BCUT2D eigenvalue weighted by atomic mass is 79.9. The Bertz CT molecular complexity index is 1300. The number of anilines is 1. The zero-order valence-corrected chi connectivity index (χ0v) is 20.0. The number of benzene rings is 3. The number of carbonyl (C=O) groups excluding carboxylic acids is 1. The summed E-state index contributed by atoms with van der Waals surface area (Å²) < 4.78 is 39.0. The third-order valence-corrected chi connectivity index (χ3v) is 7.30. The van der Waals surface area contributed by atoms with E-state index < -0.39 is 22.5 Å². The Morgan fingerprint density at radius 2 is 1.76 bits per heavy atom. The number of fused-ring (bicyclic) bond motifs is 1. The maximum atomic E-state index is 13.3. The number of amides is 1. The third-order valence-electron chi connectivity index (χ3n) is 4.83. The van der Waals surface area contributed by atoms with Crippen LogP contribution in [-0.2, 0) is 14.8 Å². The third kappa shape index (κ3) is 5.18. The van der Waals surface area contributed by atoms with Crippen LogP contribution in [-0.4, -0.2) is 33.9 Å². The van der Waals surface area contributed by atoms with Crippen LogP contribution >= 0.6 is 15.9 Å². The summed E-state index contributed by atoms with van der Waals surface area (Å²) in [6.45, 7) is 1.57. The lowest BCUT2D eigenvalue weighted by atomic mass is 10.2. The zero-order chi connectivity index (χ0) is 23.4. The van der Waals surface area contributed by atoms with Crippen molar-refractivity contribution in [2.45, 2.75) is 11.8 Å². The molecule has 0 saturated carbocycles. The minimum Gasteiger partial charge on any atom is -0.454 e. The molecular weight excluding hydrogens is 510 g/mol. The van der Waals surface area contributed by atoms with Gasteiger partial charge < -0.3 is 9.47 Å². The van der Waals surface area contributed by atoms with Crippen molar-refractivity contribution in [3.8, 4) is 11.5 Å². The molecule has 3 aromatic carbocycles. The fourth-order valence-corrected chi connectivity index (χ4v) is 4.96. The largest absolute Gasteiger partial charge is 0.454 e. The van der Waals surface area contributed by atoms with Gasteiger partial charge in [-0.05, 0) is 59.3 Å². The fourth-order valence-electron chi connectivity index (χ4n) is 3.12. The van der Waals surface area contributed by atoms with Gasteiger partial charge in [-0.15, -0.1) is 0 Å². The molecule has 1 aliphatic rings. The highest BCUT2D eigenvalue weighted by Crippen LogP contribution is 2.36. The number of aryl methyl sites for hydroxylation is 1. The van der Waals surface area contributed by atoms with Crippen molar-refractivity contribution in [2.75, 3.05) is 17.6 Å². The maximum absolute atomic E-state index is 13.3. The summed E-state index contributed by atoms with van der Waals surface area (Å²) in [5.74, 6) is 0.593. The number of rotatable bonds is 7. The maximum Gasteiger partial charge on any atom is 0.264 e. The SMILES string of the molecule is Cc1ccc(S(=O)(=O)N(CC(=O)N/N=C\c2cc3c(cc2Br)OCO3)c2ccccc2)cc1. The summed E-state index contributed by atoms with van der Waals surface area (Å²) in [5, 5.41) is 3.97. The minimum absolute atomic E-state index is 0.0949. The molecule has 1 heterocycles. The first kappa shape index (κ1) is 22.8. The van der Waals surface area contributed by atoms with Crippen LogP contribution in [0.25, 0.3) is 0 Å². The molecule has 33 heavy (non-hydrogen) atoms. The molecule has 10 heteroatoms. The Kier molecular flexibility index (Phi) is 6.66. The Morgan fingerprint density at radius 3 is 2.45 bits per heavy atom. The molecule has 3 aromatic rings. The molecule has 1 aliphatic heterocycles. The number of hydrazone groups is 1. The number of hydrogen-bond acceptors (Lipinski definition) is 6. The van der Waals surface area contributed by atoms with Crippen molar-refractivity contribution in [1.82, 2.24) is 5.43 Å². The Labute approximate surface area is 200 Å². The lowest BCUT2D eigenvalue weighted by molar-refractivity contribution is -0.119. The van der Waals surface area contributed by atoms with Crippen LogP contribution in [0.5, 0.6) is 11.5 Å². The van der Waals surface area contributed by atoms with E-state index in [1.807, 2.05) is 6.92 Å². The average molecular weight is 530 g/mol. The second-order valence-electron chi connectivity index (χ2n) is 7.18. The molecular formula is C23H20BrN3O5S. The van der Waals surface area contributed by atoms with Crippen LogP contribution in [0.4, 0.5) is 5.69 Å². The van der Waals surface area contributed by atoms with Gasteiger partial charge in [0, 0.05) is 10.0 Å². The van der Waals surface area contributed by atoms with Gasteiger partial charge in [0.25, 0.3) is 15.9 Å². The molecule has 1 amide bonds. The van der Waals surface area contributed by atoms with Crippen molar-refractivity contribution in [1.29, 1.82) is 0 Å². The summed E-state index contributed by atoms with van der Waals surface area (Å²) in [5.41, 5.74) is 4.35. The summed E-state index contributed by atoms with van der Waals surface area (Å²) in [4.78, 5) is 12.7. The lowest BCUT2D eigenvalue weighted by Crippen LogP contribution is -2.39. The summed E-state index contributed by atoms with van der Waals surface area (Å²) in [7, 11) is -3.97. The second-order valence-corrected chi connectivity index (χ2v) is 9.90. The first-order chi connectivity index (χ1) is 15.8. The van der Waals surface area contributed by atoms with Gasteiger partial charge >= 0.3 is 0 Å². The average Bonchev–Trinajstić information content (AvgIpc) is 3.25. The highest BCUT2D eigenvalue weighted by molar-refractivity contribution is 9.10. The minimum atomic E-state index is -3.97. The van der Waals surface area contributed by atoms with E-state index in [1.165, 1.54) is 18.3 Å². The normalized spacial score (nSPS) is 12.7. The monoisotopic (exact) mass is 529 g/mol. The van der Waals surface area contributed by atoms with Gasteiger partial charge in [0.2, 0.25) is 6.79 Å². The second kappa shape index (κ2) is 9.63. The van der Waals surface area contributed by atoms with E-state index >= 15 is 0 Å². The molecule has 0 spiro atoms. The molecule has 0 aromatic heterocycles. The van der Waals surface area contributed by atoms with Gasteiger partial charge in [-0.3, -0.25) is 9.10 Å². The molecule has 0 fully saturated rings. The van der Waals surface area contributed by atoms with Crippen LogP contribution in [0.2, 0.25) is 0 Å². The quantitative estimate of drug-likeness (QED) is 0.370. The number of nitrogens with one attached hydrogen (secondary N) is 1. The Morgan fingerprint density at radius 1 is 1.09 bits per heavy atom. The van der Waals surface area contributed by atoms with E-state index in [9.17, 15) is 13.2 Å². The number of hydrogen-bond donors (Lipinski definition) is 1. The van der Waals surface area contributed by atoms with Gasteiger partial charge in [-0.1, -0.05) is 35.9 Å². The van der Waals surface area contributed by atoms with Crippen LogP contribution in [0.15, 0.2) is 81.2 Å². The summed E-state index contributed by atoms with van der Waals surface area (Å²) in [6.07, 6.45) is 1.44. The molecule has 0 saturated heterocycles.